The largest absolute Gasteiger partial charge is 0.265 e. The number of nitro groups is 1. The third kappa shape index (κ3) is 3.10. The summed E-state index contributed by atoms with van der Waals surface area (Å²) in [7, 11) is 0. The summed E-state index contributed by atoms with van der Waals surface area (Å²) in [6.07, 6.45) is 0.241. The zero-order valence-corrected chi connectivity index (χ0v) is 8.25. The van der Waals surface area contributed by atoms with Crippen LogP contribution in [0.2, 0.25) is 0 Å². The molecule has 0 heterocycles. The fourth-order valence-electron chi connectivity index (χ4n) is 0.947. The molecule has 0 amide bonds. The average Bonchev–Trinajstić information content (AvgIpc) is 2.06. The fourth-order valence-corrected chi connectivity index (χ4v) is 1.39. The van der Waals surface area contributed by atoms with Crippen LogP contribution >= 0.6 is 15.9 Å². The van der Waals surface area contributed by atoms with Crippen LogP contribution in [0.15, 0.2) is 22.7 Å². The quantitative estimate of drug-likeness (QED) is 0.608. The summed E-state index contributed by atoms with van der Waals surface area (Å²) >= 11 is 3.19. The van der Waals surface area contributed by atoms with Gasteiger partial charge in [0.25, 0.3) is 0 Å². The normalized spacial score (nSPS) is 10.0. The molecule has 0 aromatic heterocycles. The lowest BCUT2D eigenvalue weighted by atomic mass is 10.1. The second-order valence-electron chi connectivity index (χ2n) is 2.54. The highest BCUT2D eigenvalue weighted by molar-refractivity contribution is 9.10. The van der Waals surface area contributed by atoms with E-state index in [-0.39, 0.29) is 18.8 Å². The van der Waals surface area contributed by atoms with Crippen LogP contribution < -0.4 is 0 Å². The Kier molecular flexibility index (Phi) is 3.36. The van der Waals surface area contributed by atoms with Crippen molar-refractivity contribution >= 4 is 15.9 Å². The molecule has 0 aliphatic rings. The molecule has 0 spiro atoms. The monoisotopic (exact) mass is 247 g/mol. The summed E-state index contributed by atoms with van der Waals surface area (Å²) < 4.78 is 13.4. The van der Waals surface area contributed by atoms with Gasteiger partial charge in [-0.1, -0.05) is 15.9 Å². The van der Waals surface area contributed by atoms with E-state index in [1.165, 1.54) is 12.1 Å². The first-order valence-electron chi connectivity index (χ1n) is 3.65. The standard InChI is InChI=1S/C8H7BrFNO2/c9-8-2-1-7(10)5-6(8)3-4-11(12)13/h1-2,5H,3-4H2. The third-order valence-electron chi connectivity index (χ3n) is 1.57. The van der Waals surface area contributed by atoms with E-state index < -0.39 is 4.92 Å². The van der Waals surface area contributed by atoms with Gasteiger partial charge in [0.15, 0.2) is 0 Å². The summed E-state index contributed by atoms with van der Waals surface area (Å²) in [5, 5.41) is 10.1. The van der Waals surface area contributed by atoms with Crippen molar-refractivity contribution in [2.24, 2.45) is 0 Å². The second-order valence-corrected chi connectivity index (χ2v) is 3.40. The summed E-state index contributed by atoms with van der Waals surface area (Å²) in [6.45, 7) is -0.179. The van der Waals surface area contributed by atoms with Crippen molar-refractivity contribution in [3.8, 4) is 0 Å². The van der Waals surface area contributed by atoms with Gasteiger partial charge in [0.05, 0.1) is 0 Å². The van der Waals surface area contributed by atoms with E-state index >= 15 is 0 Å². The van der Waals surface area contributed by atoms with Crippen molar-refractivity contribution < 1.29 is 9.31 Å². The first-order valence-corrected chi connectivity index (χ1v) is 4.44. The molecule has 0 fully saturated rings. The Hall–Kier alpha value is -0.970. The Morgan fingerprint density at radius 3 is 2.85 bits per heavy atom. The molecule has 1 aromatic rings. The first-order chi connectivity index (χ1) is 6.09. The molecule has 0 unspecified atom stereocenters. The molecule has 1 aromatic carbocycles. The topological polar surface area (TPSA) is 43.1 Å². The number of rotatable bonds is 3. The van der Waals surface area contributed by atoms with Crippen LogP contribution in [-0.4, -0.2) is 11.5 Å². The van der Waals surface area contributed by atoms with Gasteiger partial charge in [0, 0.05) is 15.8 Å². The molecule has 0 radical (unpaired) electrons. The van der Waals surface area contributed by atoms with E-state index in [4.69, 9.17) is 0 Å². The Labute approximate surface area is 82.8 Å². The van der Waals surface area contributed by atoms with Crippen LogP contribution in [0.4, 0.5) is 4.39 Å². The maximum absolute atomic E-state index is 12.7. The van der Waals surface area contributed by atoms with Gasteiger partial charge < -0.3 is 0 Å². The molecular weight excluding hydrogens is 241 g/mol. The Morgan fingerprint density at radius 2 is 2.23 bits per heavy atom. The van der Waals surface area contributed by atoms with Gasteiger partial charge in [-0.25, -0.2) is 4.39 Å². The minimum Gasteiger partial charge on any atom is -0.265 e. The van der Waals surface area contributed by atoms with Crippen molar-refractivity contribution in [2.75, 3.05) is 6.54 Å². The lowest BCUT2D eigenvalue weighted by Crippen LogP contribution is -2.04. The second kappa shape index (κ2) is 4.32. The highest BCUT2D eigenvalue weighted by Crippen LogP contribution is 2.18. The van der Waals surface area contributed by atoms with E-state index in [2.05, 4.69) is 15.9 Å². The lowest BCUT2D eigenvalue weighted by molar-refractivity contribution is -0.479. The minimum atomic E-state index is -0.419. The molecule has 0 aliphatic carbocycles. The minimum absolute atomic E-state index is 0.179. The first kappa shape index (κ1) is 10.1. The summed E-state index contributed by atoms with van der Waals surface area (Å²) in [5.41, 5.74) is 0.622. The molecular formula is C8H7BrFNO2. The van der Waals surface area contributed by atoms with Crippen LogP contribution in [0.1, 0.15) is 5.56 Å². The zero-order chi connectivity index (χ0) is 9.84. The molecule has 70 valence electrons. The number of halogens is 2. The molecule has 3 nitrogen and oxygen atoms in total. The fraction of sp³-hybridized carbons (Fsp3) is 0.250. The Bertz CT molecular complexity index is 330. The van der Waals surface area contributed by atoms with Gasteiger partial charge in [-0.2, -0.15) is 0 Å². The van der Waals surface area contributed by atoms with Crippen molar-refractivity contribution in [2.45, 2.75) is 6.42 Å². The molecule has 0 saturated heterocycles. The third-order valence-corrected chi connectivity index (χ3v) is 2.35. The van der Waals surface area contributed by atoms with Crippen LogP contribution in [0.3, 0.4) is 0 Å². The van der Waals surface area contributed by atoms with Gasteiger partial charge in [0.1, 0.15) is 5.82 Å². The van der Waals surface area contributed by atoms with Crippen molar-refractivity contribution in [1.82, 2.24) is 0 Å². The maximum atomic E-state index is 12.7. The van der Waals surface area contributed by atoms with Gasteiger partial charge in [-0.3, -0.25) is 10.1 Å². The zero-order valence-electron chi connectivity index (χ0n) is 6.67. The Morgan fingerprint density at radius 1 is 1.54 bits per heavy atom. The predicted octanol–water partition coefficient (Wildman–Crippen LogP) is 2.41. The van der Waals surface area contributed by atoms with E-state index in [0.29, 0.717) is 10.0 Å². The summed E-state index contributed by atoms with van der Waals surface area (Å²) in [4.78, 5) is 9.65. The van der Waals surface area contributed by atoms with Gasteiger partial charge >= 0.3 is 0 Å². The van der Waals surface area contributed by atoms with Gasteiger partial charge in [0.2, 0.25) is 6.54 Å². The van der Waals surface area contributed by atoms with Gasteiger partial charge in [-0.05, 0) is 23.8 Å². The Balaban J connectivity index is 2.75. The smallest absolute Gasteiger partial charge is 0.207 e. The molecule has 13 heavy (non-hydrogen) atoms. The van der Waals surface area contributed by atoms with Crippen molar-refractivity contribution in [3.05, 3.63) is 44.2 Å². The molecule has 0 atom stereocenters. The molecule has 5 heteroatoms. The van der Waals surface area contributed by atoms with Gasteiger partial charge in [-0.15, -0.1) is 0 Å². The molecule has 0 N–H and O–H groups in total. The number of benzene rings is 1. The SMILES string of the molecule is O=[N+]([O-])CCc1cc(F)ccc1Br. The lowest BCUT2D eigenvalue weighted by Gasteiger charge is -2.00. The van der Waals surface area contributed by atoms with E-state index in [1.54, 1.807) is 6.07 Å². The highest BCUT2D eigenvalue weighted by Gasteiger charge is 2.05. The molecule has 1 rings (SSSR count). The predicted molar refractivity (Wildman–Crippen MR) is 49.7 cm³/mol. The van der Waals surface area contributed by atoms with Crippen LogP contribution in [0.25, 0.3) is 0 Å². The average molecular weight is 248 g/mol. The molecule has 0 aliphatic heterocycles. The summed E-state index contributed by atoms with van der Waals surface area (Å²) in [6, 6.07) is 4.15. The van der Waals surface area contributed by atoms with Crippen LogP contribution in [0.5, 0.6) is 0 Å². The number of nitrogens with zero attached hydrogens (tertiary/aromatic N) is 1. The highest BCUT2D eigenvalue weighted by atomic mass is 79.9. The van der Waals surface area contributed by atoms with E-state index in [1.807, 2.05) is 0 Å². The van der Waals surface area contributed by atoms with Crippen LogP contribution in [0, 0.1) is 15.9 Å². The van der Waals surface area contributed by atoms with E-state index in [9.17, 15) is 14.5 Å². The molecule has 0 bridgehead atoms. The van der Waals surface area contributed by atoms with Crippen LogP contribution in [-0.2, 0) is 6.42 Å². The van der Waals surface area contributed by atoms with E-state index in [0.717, 1.165) is 0 Å². The summed E-state index contributed by atoms with van der Waals surface area (Å²) in [5.74, 6) is -0.374. The number of hydrogen-bond donors (Lipinski definition) is 0. The number of hydrogen-bond acceptors (Lipinski definition) is 2. The molecule has 0 saturated carbocycles. The van der Waals surface area contributed by atoms with Crippen molar-refractivity contribution in [3.63, 3.8) is 0 Å². The van der Waals surface area contributed by atoms with Crippen molar-refractivity contribution in [1.29, 1.82) is 0 Å². The maximum Gasteiger partial charge on any atom is 0.207 e.